The highest BCUT2D eigenvalue weighted by molar-refractivity contribution is 5.75. The van der Waals surface area contributed by atoms with Crippen LogP contribution < -0.4 is 5.32 Å². The number of hydrogen-bond acceptors (Lipinski definition) is 3. The third-order valence-electron chi connectivity index (χ3n) is 4.63. The van der Waals surface area contributed by atoms with Gasteiger partial charge in [-0.15, -0.1) is 0 Å². The van der Waals surface area contributed by atoms with Crippen LogP contribution >= 0.6 is 0 Å². The van der Waals surface area contributed by atoms with Gasteiger partial charge in [0.2, 0.25) is 0 Å². The normalized spacial score (nSPS) is 24.3. The lowest BCUT2D eigenvalue weighted by atomic mass is 9.95. The van der Waals surface area contributed by atoms with Crippen LogP contribution in [0, 0.1) is 6.92 Å². The molecule has 23 heavy (non-hydrogen) atoms. The van der Waals surface area contributed by atoms with Crippen molar-refractivity contribution in [2.45, 2.75) is 50.8 Å². The zero-order valence-corrected chi connectivity index (χ0v) is 13.7. The first-order valence-electron chi connectivity index (χ1n) is 8.55. The van der Waals surface area contributed by atoms with Gasteiger partial charge in [-0.25, -0.2) is 4.79 Å². The molecule has 1 aromatic rings. The van der Waals surface area contributed by atoms with Gasteiger partial charge in [-0.1, -0.05) is 29.8 Å². The second-order valence-corrected chi connectivity index (χ2v) is 6.55. The molecule has 2 amide bonds. The van der Waals surface area contributed by atoms with Crippen molar-refractivity contribution in [3.05, 3.63) is 35.4 Å². The van der Waals surface area contributed by atoms with Gasteiger partial charge in [0, 0.05) is 19.2 Å². The third-order valence-corrected chi connectivity index (χ3v) is 4.63. The van der Waals surface area contributed by atoms with Crippen molar-refractivity contribution in [3.8, 4) is 0 Å². The fourth-order valence-corrected chi connectivity index (χ4v) is 3.20. The summed E-state index contributed by atoms with van der Waals surface area (Å²) < 4.78 is 5.95. The highest BCUT2D eigenvalue weighted by atomic mass is 16.5. The summed E-state index contributed by atoms with van der Waals surface area (Å²) in [4.78, 5) is 14.3. The average Bonchev–Trinajstić information content (AvgIpc) is 3.39. The number of aliphatic hydroxyl groups is 1. The van der Waals surface area contributed by atoms with Gasteiger partial charge >= 0.3 is 6.03 Å². The average molecular weight is 318 g/mol. The van der Waals surface area contributed by atoms with Crippen molar-refractivity contribution < 1.29 is 14.6 Å². The van der Waals surface area contributed by atoms with Crippen molar-refractivity contribution in [1.82, 2.24) is 10.2 Å². The van der Waals surface area contributed by atoms with Crippen LogP contribution in [0.5, 0.6) is 0 Å². The lowest BCUT2D eigenvalue weighted by molar-refractivity contribution is -0.00889. The lowest BCUT2D eigenvalue weighted by Crippen LogP contribution is -2.50. The van der Waals surface area contributed by atoms with Crippen molar-refractivity contribution in [2.75, 3.05) is 19.8 Å². The van der Waals surface area contributed by atoms with Crippen LogP contribution in [0.3, 0.4) is 0 Å². The minimum absolute atomic E-state index is 0.00643. The van der Waals surface area contributed by atoms with E-state index >= 15 is 0 Å². The monoisotopic (exact) mass is 318 g/mol. The molecule has 2 N–H and O–H groups in total. The van der Waals surface area contributed by atoms with Crippen LogP contribution in [0.2, 0.25) is 0 Å². The molecule has 2 fully saturated rings. The first-order chi connectivity index (χ1) is 11.2. The number of ether oxygens (including phenoxy) is 1. The standard InChI is InChI=1S/C18H26N2O3/c1-13-4-6-14(7-5-13)17-16(3-2-12-23-17)19-18(22)20(10-11-21)15-8-9-15/h4-7,15-17,21H,2-3,8-12H2,1H3,(H,19,22)/t16-,17-/m1/s1. The number of aliphatic hydroxyl groups excluding tert-OH is 1. The van der Waals surface area contributed by atoms with E-state index in [2.05, 4.69) is 36.5 Å². The third kappa shape index (κ3) is 4.03. The quantitative estimate of drug-likeness (QED) is 0.876. The molecule has 1 heterocycles. The molecule has 1 aliphatic carbocycles. The number of carbonyl (C=O) groups is 1. The lowest BCUT2D eigenvalue weighted by Gasteiger charge is -2.34. The number of nitrogens with zero attached hydrogens (tertiary/aromatic N) is 1. The summed E-state index contributed by atoms with van der Waals surface area (Å²) in [5, 5.41) is 12.3. The molecule has 1 aromatic carbocycles. The van der Waals surface area contributed by atoms with Crippen LogP contribution in [0.15, 0.2) is 24.3 Å². The number of hydrogen-bond donors (Lipinski definition) is 2. The number of carbonyl (C=O) groups excluding carboxylic acids is 1. The summed E-state index contributed by atoms with van der Waals surface area (Å²) in [6, 6.07) is 8.52. The molecule has 0 radical (unpaired) electrons. The van der Waals surface area contributed by atoms with E-state index in [-0.39, 0.29) is 24.8 Å². The molecule has 5 heteroatoms. The molecule has 1 aliphatic heterocycles. The Morgan fingerprint density at radius 3 is 2.70 bits per heavy atom. The Labute approximate surface area is 137 Å². The molecular weight excluding hydrogens is 292 g/mol. The highest BCUT2D eigenvalue weighted by Gasteiger charge is 2.35. The summed E-state index contributed by atoms with van der Waals surface area (Å²) in [5.74, 6) is 0. The second-order valence-electron chi connectivity index (χ2n) is 6.55. The Kier molecular flexibility index (Phi) is 5.18. The molecule has 0 unspecified atom stereocenters. The Morgan fingerprint density at radius 1 is 1.30 bits per heavy atom. The number of amides is 2. The van der Waals surface area contributed by atoms with Gasteiger partial charge in [-0.05, 0) is 38.2 Å². The van der Waals surface area contributed by atoms with Gasteiger partial charge < -0.3 is 20.1 Å². The largest absolute Gasteiger partial charge is 0.395 e. The molecule has 0 bridgehead atoms. The second kappa shape index (κ2) is 7.32. The van der Waals surface area contributed by atoms with Crippen LogP contribution in [0.25, 0.3) is 0 Å². The summed E-state index contributed by atoms with van der Waals surface area (Å²) in [6.45, 7) is 3.20. The van der Waals surface area contributed by atoms with E-state index in [1.165, 1.54) is 5.56 Å². The van der Waals surface area contributed by atoms with E-state index in [0.717, 1.165) is 37.9 Å². The number of nitrogens with one attached hydrogen (secondary N) is 1. The topological polar surface area (TPSA) is 61.8 Å². The molecular formula is C18H26N2O3. The van der Waals surface area contributed by atoms with E-state index in [4.69, 9.17) is 4.74 Å². The van der Waals surface area contributed by atoms with Gasteiger partial charge in [0.15, 0.2) is 0 Å². The van der Waals surface area contributed by atoms with Gasteiger partial charge in [-0.2, -0.15) is 0 Å². The Morgan fingerprint density at radius 2 is 2.04 bits per heavy atom. The molecule has 0 aromatic heterocycles. The number of benzene rings is 1. The van der Waals surface area contributed by atoms with E-state index < -0.39 is 0 Å². The summed E-state index contributed by atoms with van der Waals surface area (Å²) in [7, 11) is 0. The maximum absolute atomic E-state index is 12.6. The van der Waals surface area contributed by atoms with Crippen LogP contribution in [-0.2, 0) is 4.74 Å². The zero-order valence-electron chi connectivity index (χ0n) is 13.7. The SMILES string of the molecule is Cc1ccc([C@H]2OCCC[C@H]2NC(=O)N(CCO)C2CC2)cc1. The number of urea groups is 1. The van der Waals surface area contributed by atoms with Crippen LogP contribution in [-0.4, -0.2) is 47.9 Å². The Hall–Kier alpha value is -1.59. The summed E-state index contributed by atoms with van der Waals surface area (Å²) in [6.07, 6.45) is 3.86. The van der Waals surface area contributed by atoms with E-state index in [1.807, 2.05) is 0 Å². The van der Waals surface area contributed by atoms with Crippen molar-refractivity contribution >= 4 is 6.03 Å². The van der Waals surface area contributed by atoms with E-state index in [1.54, 1.807) is 4.90 Å². The molecule has 2 atom stereocenters. The van der Waals surface area contributed by atoms with Crippen LogP contribution in [0.1, 0.15) is 42.9 Å². The minimum atomic E-state index is -0.0940. The molecule has 5 nitrogen and oxygen atoms in total. The Bertz CT molecular complexity index is 528. The molecule has 2 aliphatic rings. The van der Waals surface area contributed by atoms with E-state index in [9.17, 15) is 9.90 Å². The van der Waals surface area contributed by atoms with Crippen molar-refractivity contribution in [2.24, 2.45) is 0 Å². The maximum atomic E-state index is 12.6. The first kappa shape index (κ1) is 16.3. The summed E-state index contributed by atoms with van der Waals surface area (Å²) in [5.41, 5.74) is 2.33. The summed E-state index contributed by atoms with van der Waals surface area (Å²) >= 11 is 0. The van der Waals surface area contributed by atoms with Crippen LogP contribution in [0.4, 0.5) is 4.79 Å². The number of aryl methyl sites for hydroxylation is 1. The Balaban J connectivity index is 1.68. The fraction of sp³-hybridized carbons (Fsp3) is 0.611. The van der Waals surface area contributed by atoms with Gasteiger partial charge in [0.05, 0.1) is 12.6 Å². The smallest absolute Gasteiger partial charge is 0.318 e. The highest BCUT2D eigenvalue weighted by Crippen LogP contribution is 2.30. The van der Waals surface area contributed by atoms with Crippen molar-refractivity contribution in [3.63, 3.8) is 0 Å². The predicted molar refractivity (Wildman–Crippen MR) is 88.2 cm³/mol. The zero-order chi connectivity index (χ0) is 16.2. The molecule has 1 saturated heterocycles. The molecule has 1 saturated carbocycles. The number of rotatable bonds is 5. The van der Waals surface area contributed by atoms with Gasteiger partial charge in [-0.3, -0.25) is 0 Å². The molecule has 0 spiro atoms. The minimum Gasteiger partial charge on any atom is -0.395 e. The fourth-order valence-electron chi connectivity index (χ4n) is 3.20. The van der Waals surface area contributed by atoms with Gasteiger partial charge in [0.1, 0.15) is 6.10 Å². The van der Waals surface area contributed by atoms with E-state index in [0.29, 0.717) is 12.6 Å². The molecule has 3 rings (SSSR count). The maximum Gasteiger partial charge on any atom is 0.318 e. The van der Waals surface area contributed by atoms with Crippen molar-refractivity contribution in [1.29, 1.82) is 0 Å². The van der Waals surface area contributed by atoms with Gasteiger partial charge in [0.25, 0.3) is 0 Å². The molecule has 126 valence electrons. The first-order valence-corrected chi connectivity index (χ1v) is 8.55. The predicted octanol–water partition coefficient (Wildman–Crippen LogP) is 2.38.